The average Bonchev–Trinajstić information content (AvgIpc) is 3.19. The fourth-order valence-electron chi connectivity index (χ4n) is 3.03. The minimum absolute atomic E-state index is 0.0755. The van der Waals surface area contributed by atoms with E-state index in [0.717, 1.165) is 4.90 Å². The first-order valence-corrected chi connectivity index (χ1v) is 8.41. The van der Waals surface area contributed by atoms with Gasteiger partial charge >= 0.3 is 6.09 Å². The maximum atomic E-state index is 13.2. The number of fused-ring (bicyclic) bond motifs is 3. The third kappa shape index (κ3) is 3.17. The number of nitrogens with one attached hydrogen (secondary N) is 1. The Kier molecular flexibility index (Phi) is 4.45. The number of amides is 2. The van der Waals surface area contributed by atoms with E-state index in [0.29, 0.717) is 23.8 Å². The van der Waals surface area contributed by atoms with Gasteiger partial charge in [0.2, 0.25) is 11.8 Å². The van der Waals surface area contributed by atoms with Crippen LogP contribution in [0.5, 0.6) is 5.88 Å². The average molecular weight is 394 g/mol. The molecule has 10 nitrogen and oxygen atoms in total. The van der Waals surface area contributed by atoms with Crippen LogP contribution >= 0.6 is 0 Å². The van der Waals surface area contributed by atoms with Crippen LogP contribution in [-0.4, -0.2) is 58.8 Å². The third-order valence-corrected chi connectivity index (χ3v) is 4.32. The van der Waals surface area contributed by atoms with Crippen molar-refractivity contribution in [2.75, 3.05) is 30.0 Å². The summed E-state index contributed by atoms with van der Waals surface area (Å²) in [6.07, 6.45) is -2.11. The first-order chi connectivity index (χ1) is 13.4. The molecule has 4 heterocycles. The van der Waals surface area contributed by atoms with Gasteiger partial charge in [0.25, 0.3) is 6.43 Å². The summed E-state index contributed by atoms with van der Waals surface area (Å²) in [6.45, 7) is 0.154. The van der Waals surface area contributed by atoms with Crippen molar-refractivity contribution in [1.82, 2.24) is 14.5 Å². The molecule has 2 aliphatic rings. The molecule has 2 amide bonds. The predicted octanol–water partition coefficient (Wildman–Crippen LogP) is 0.825. The van der Waals surface area contributed by atoms with E-state index in [1.54, 1.807) is 16.7 Å². The summed E-state index contributed by atoms with van der Waals surface area (Å²) < 4.78 is 38.6. The fourth-order valence-corrected chi connectivity index (χ4v) is 3.03. The molecule has 1 fully saturated rings. The molecule has 1 saturated heterocycles. The molecule has 0 aromatic carbocycles. The van der Waals surface area contributed by atoms with E-state index in [9.17, 15) is 18.4 Å². The molecule has 0 bridgehead atoms. The molecule has 0 saturated carbocycles. The lowest BCUT2D eigenvalue weighted by Crippen LogP contribution is -2.38. The van der Waals surface area contributed by atoms with Crippen molar-refractivity contribution in [1.29, 1.82) is 0 Å². The lowest BCUT2D eigenvalue weighted by Gasteiger charge is -2.17. The molecule has 2 aromatic rings. The molecule has 0 aliphatic carbocycles. The summed E-state index contributed by atoms with van der Waals surface area (Å²) in [7, 11) is 0. The number of pyridine rings is 1. The molecule has 12 heteroatoms. The van der Waals surface area contributed by atoms with Gasteiger partial charge in [0, 0.05) is 6.20 Å². The minimum atomic E-state index is -2.76. The zero-order chi connectivity index (χ0) is 19.8. The van der Waals surface area contributed by atoms with Gasteiger partial charge in [-0.3, -0.25) is 4.79 Å². The number of hydrogen-bond donors (Lipinski definition) is 2. The molecule has 28 heavy (non-hydrogen) atoms. The van der Waals surface area contributed by atoms with Gasteiger partial charge in [-0.05, 0) is 12.1 Å². The van der Waals surface area contributed by atoms with Gasteiger partial charge in [0.15, 0.2) is 5.82 Å². The molecule has 2 aromatic heterocycles. The molecular weight excluding hydrogens is 378 g/mol. The number of hydrogen-bond acceptors (Lipinski definition) is 7. The van der Waals surface area contributed by atoms with Crippen LogP contribution in [-0.2, 0) is 16.1 Å². The topological polar surface area (TPSA) is 125 Å². The molecule has 0 spiro atoms. The largest absolute Gasteiger partial charge is 0.475 e. The molecule has 1 atom stereocenters. The number of aromatic nitrogens is 3. The van der Waals surface area contributed by atoms with Crippen molar-refractivity contribution in [2.24, 2.45) is 5.73 Å². The second kappa shape index (κ2) is 6.94. The number of carbonyl (C=O) groups is 2. The van der Waals surface area contributed by atoms with Crippen molar-refractivity contribution in [3.8, 4) is 17.3 Å². The number of cyclic esters (lactones) is 1. The highest BCUT2D eigenvalue weighted by atomic mass is 19.3. The van der Waals surface area contributed by atoms with Crippen molar-refractivity contribution in [2.45, 2.75) is 19.0 Å². The van der Waals surface area contributed by atoms with Gasteiger partial charge in [0.05, 0.1) is 18.7 Å². The van der Waals surface area contributed by atoms with Gasteiger partial charge in [0.1, 0.15) is 30.9 Å². The highest BCUT2D eigenvalue weighted by molar-refractivity contribution is 5.89. The summed E-state index contributed by atoms with van der Waals surface area (Å²) in [6, 6.07) is 1.90. The first kappa shape index (κ1) is 17.9. The normalized spacial score (nSPS) is 18.2. The van der Waals surface area contributed by atoms with Gasteiger partial charge in [-0.25, -0.2) is 23.5 Å². The van der Waals surface area contributed by atoms with Crippen LogP contribution in [0.3, 0.4) is 0 Å². The summed E-state index contributed by atoms with van der Waals surface area (Å²) in [5.74, 6) is 0.609. The number of carbonyl (C=O) groups excluding carboxylic acids is 2. The first-order valence-electron chi connectivity index (χ1n) is 8.41. The lowest BCUT2D eigenvalue weighted by molar-refractivity contribution is -0.116. The van der Waals surface area contributed by atoms with E-state index >= 15 is 0 Å². The van der Waals surface area contributed by atoms with Crippen LogP contribution in [0, 0.1) is 0 Å². The smallest absolute Gasteiger partial charge is 0.416 e. The summed E-state index contributed by atoms with van der Waals surface area (Å²) in [5.41, 5.74) is 5.63. The Morgan fingerprint density at radius 1 is 1.36 bits per heavy atom. The zero-order valence-electron chi connectivity index (χ0n) is 14.5. The fraction of sp³-hybridized carbons (Fsp3) is 0.375. The number of rotatable bonds is 5. The summed E-state index contributed by atoms with van der Waals surface area (Å²) in [5, 5.41) is 2.77. The Labute approximate surface area is 157 Å². The van der Waals surface area contributed by atoms with Crippen molar-refractivity contribution in [3.63, 3.8) is 0 Å². The van der Waals surface area contributed by atoms with E-state index in [1.807, 2.05) is 0 Å². The monoisotopic (exact) mass is 394 g/mol. The molecular formula is C16H16F2N6O4. The maximum Gasteiger partial charge on any atom is 0.416 e. The number of imidazole rings is 1. The third-order valence-electron chi connectivity index (χ3n) is 4.32. The standard InChI is InChI=1S/C16H16F2N6O4/c17-13(18)9-7-28-16(26)24(9)12-6-23-3-4-27-15-8(14(23)22-12)1-2-11(21-15)20-5-10(19)25/h1-2,6,9,13H,3-5,7H2,(H2,19,25)(H,20,21). The number of nitrogens with zero attached hydrogens (tertiary/aromatic N) is 4. The Morgan fingerprint density at radius 2 is 2.18 bits per heavy atom. The summed E-state index contributed by atoms with van der Waals surface area (Å²) >= 11 is 0. The molecule has 4 rings (SSSR count). The number of alkyl halides is 2. The highest BCUT2D eigenvalue weighted by Gasteiger charge is 2.42. The van der Waals surface area contributed by atoms with E-state index in [1.165, 1.54) is 6.20 Å². The molecule has 0 radical (unpaired) electrons. The number of primary amides is 1. The Morgan fingerprint density at radius 3 is 2.93 bits per heavy atom. The minimum Gasteiger partial charge on any atom is -0.475 e. The second-order valence-corrected chi connectivity index (χ2v) is 6.18. The number of halogens is 2. The van der Waals surface area contributed by atoms with Crippen molar-refractivity contribution < 1.29 is 27.8 Å². The molecule has 148 valence electrons. The van der Waals surface area contributed by atoms with Crippen molar-refractivity contribution in [3.05, 3.63) is 18.3 Å². The number of ether oxygens (including phenoxy) is 2. The molecule has 3 N–H and O–H groups in total. The van der Waals surface area contributed by atoms with Crippen LogP contribution in [0.1, 0.15) is 0 Å². The lowest BCUT2D eigenvalue weighted by atomic mass is 10.2. The van der Waals surface area contributed by atoms with Crippen LogP contribution in [0.2, 0.25) is 0 Å². The van der Waals surface area contributed by atoms with E-state index in [4.69, 9.17) is 15.2 Å². The summed E-state index contributed by atoms with van der Waals surface area (Å²) in [4.78, 5) is 32.3. The van der Waals surface area contributed by atoms with Crippen LogP contribution in [0.4, 0.5) is 25.2 Å². The van der Waals surface area contributed by atoms with Gasteiger partial charge < -0.3 is 25.1 Å². The van der Waals surface area contributed by atoms with Crippen LogP contribution < -0.4 is 20.7 Å². The van der Waals surface area contributed by atoms with E-state index in [-0.39, 0.29) is 24.8 Å². The Bertz CT molecular complexity index is 934. The number of anilines is 2. The van der Waals surface area contributed by atoms with Crippen LogP contribution in [0.15, 0.2) is 18.3 Å². The SMILES string of the molecule is NC(=O)CNc1ccc2c(n1)OCCn1cc(N3C(=O)OCC3C(F)F)nc1-2. The van der Waals surface area contributed by atoms with Crippen LogP contribution in [0.25, 0.3) is 11.4 Å². The Balaban J connectivity index is 1.68. The number of nitrogens with two attached hydrogens (primary N) is 1. The van der Waals surface area contributed by atoms with Gasteiger partial charge in [-0.2, -0.15) is 4.98 Å². The quantitative estimate of drug-likeness (QED) is 0.769. The highest BCUT2D eigenvalue weighted by Crippen LogP contribution is 2.35. The van der Waals surface area contributed by atoms with Gasteiger partial charge in [-0.1, -0.05) is 0 Å². The molecule has 1 unspecified atom stereocenters. The maximum absolute atomic E-state index is 13.2. The van der Waals surface area contributed by atoms with E-state index in [2.05, 4.69) is 15.3 Å². The van der Waals surface area contributed by atoms with Crippen molar-refractivity contribution >= 4 is 23.6 Å². The zero-order valence-corrected chi connectivity index (χ0v) is 14.5. The van der Waals surface area contributed by atoms with Gasteiger partial charge in [-0.15, -0.1) is 0 Å². The predicted molar refractivity (Wildman–Crippen MR) is 92.3 cm³/mol. The second-order valence-electron chi connectivity index (χ2n) is 6.18. The molecule has 2 aliphatic heterocycles. The Hall–Kier alpha value is -3.44. The van der Waals surface area contributed by atoms with E-state index < -0.39 is 31.1 Å².